The molecule has 0 N–H and O–H groups in total. The quantitative estimate of drug-likeness (QED) is 0.285. The summed E-state index contributed by atoms with van der Waals surface area (Å²) < 4.78 is 6.53. The third-order valence-corrected chi connectivity index (χ3v) is 6.45. The second-order valence-corrected chi connectivity index (χ2v) is 8.67. The van der Waals surface area contributed by atoms with Crippen molar-refractivity contribution in [2.45, 2.75) is 13.5 Å². The first-order valence-corrected chi connectivity index (χ1v) is 11.3. The lowest BCUT2D eigenvalue weighted by Gasteiger charge is -2.19. The number of benzene rings is 3. The molecule has 6 heteroatoms. The highest BCUT2D eigenvalue weighted by atomic mass is 32.1. The molecule has 0 radical (unpaired) electrons. The van der Waals surface area contributed by atoms with E-state index in [0.29, 0.717) is 27.6 Å². The number of carbonyl (C=O) groups excluding carboxylic acids is 2. The normalized spacial score (nSPS) is 10.9. The number of thiazole rings is 1. The fourth-order valence-corrected chi connectivity index (χ4v) is 4.69. The Morgan fingerprint density at radius 1 is 0.848 bits per heavy atom. The van der Waals surface area contributed by atoms with Gasteiger partial charge in [0.1, 0.15) is 5.76 Å². The Morgan fingerprint density at radius 3 is 2.27 bits per heavy atom. The molecule has 0 aliphatic carbocycles. The van der Waals surface area contributed by atoms with Crippen molar-refractivity contribution in [1.82, 2.24) is 4.98 Å². The Morgan fingerprint density at radius 2 is 1.58 bits per heavy atom. The van der Waals surface area contributed by atoms with E-state index in [1.807, 2.05) is 49.4 Å². The zero-order chi connectivity index (χ0) is 22.8. The highest BCUT2D eigenvalue weighted by Crippen LogP contribution is 2.32. The van der Waals surface area contributed by atoms with E-state index in [9.17, 15) is 9.59 Å². The summed E-state index contributed by atoms with van der Waals surface area (Å²) in [7, 11) is 0. The number of para-hydroxylation sites is 1. The summed E-state index contributed by atoms with van der Waals surface area (Å²) in [5.41, 5.74) is 3.57. The smallest absolute Gasteiger partial charge is 0.260 e. The van der Waals surface area contributed by atoms with Crippen LogP contribution in [0.5, 0.6) is 0 Å². The summed E-state index contributed by atoms with van der Waals surface area (Å²) in [6, 6.07) is 25.5. The molecular weight excluding hydrogens is 432 g/mol. The number of furan rings is 1. The average Bonchev–Trinajstić information content (AvgIpc) is 3.53. The van der Waals surface area contributed by atoms with Crippen LogP contribution in [0, 0.1) is 6.92 Å². The molecule has 33 heavy (non-hydrogen) atoms. The summed E-state index contributed by atoms with van der Waals surface area (Å²) >= 11 is 1.47. The fourth-order valence-electron chi connectivity index (χ4n) is 3.65. The Bertz CT molecular complexity index is 1420. The molecule has 3 aromatic carbocycles. The van der Waals surface area contributed by atoms with Crippen molar-refractivity contribution in [3.05, 3.63) is 119 Å². The van der Waals surface area contributed by atoms with Crippen LogP contribution in [0.1, 0.15) is 37.6 Å². The third-order valence-electron chi connectivity index (χ3n) is 5.41. The molecule has 5 rings (SSSR count). The summed E-state index contributed by atoms with van der Waals surface area (Å²) in [6.07, 6.45) is 1.59. The van der Waals surface area contributed by atoms with Gasteiger partial charge in [-0.3, -0.25) is 14.5 Å². The van der Waals surface area contributed by atoms with E-state index in [0.717, 1.165) is 15.8 Å². The van der Waals surface area contributed by atoms with Crippen molar-refractivity contribution in [3.8, 4) is 0 Å². The number of fused-ring (bicyclic) bond motifs is 1. The van der Waals surface area contributed by atoms with Gasteiger partial charge in [-0.15, -0.1) is 0 Å². The van der Waals surface area contributed by atoms with Crippen molar-refractivity contribution in [2.75, 3.05) is 4.90 Å². The van der Waals surface area contributed by atoms with Gasteiger partial charge in [-0.2, -0.15) is 0 Å². The molecule has 0 atom stereocenters. The maximum Gasteiger partial charge on any atom is 0.260 e. The van der Waals surface area contributed by atoms with E-state index >= 15 is 0 Å². The summed E-state index contributed by atoms with van der Waals surface area (Å²) in [5, 5.41) is 0.602. The zero-order valence-electron chi connectivity index (χ0n) is 17.9. The third kappa shape index (κ3) is 4.21. The predicted octanol–water partition coefficient (Wildman–Crippen LogP) is 6.28. The van der Waals surface area contributed by atoms with Gasteiger partial charge in [-0.25, -0.2) is 4.98 Å². The van der Waals surface area contributed by atoms with Gasteiger partial charge in [0.15, 0.2) is 10.9 Å². The lowest BCUT2D eigenvalue weighted by atomic mass is 10.0. The molecule has 0 fully saturated rings. The molecule has 0 unspecified atom stereocenters. The van der Waals surface area contributed by atoms with Crippen molar-refractivity contribution in [2.24, 2.45) is 0 Å². The van der Waals surface area contributed by atoms with Gasteiger partial charge < -0.3 is 4.42 Å². The Kier molecular flexibility index (Phi) is 5.59. The maximum absolute atomic E-state index is 13.6. The van der Waals surface area contributed by atoms with E-state index in [2.05, 4.69) is 0 Å². The molecule has 0 aliphatic heterocycles. The van der Waals surface area contributed by atoms with Gasteiger partial charge in [0.05, 0.1) is 23.0 Å². The van der Waals surface area contributed by atoms with Gasteiger partial charge in [-0.05, 0) is 42.8 Å². The van der Waals surface area contributed by atoms with Gasteiger partial charge in [0, 0.05) is 16.7 Å². The number of hydrogen-bond donors (Lipinski definition) is 0. The van der Waals surface area contributed by atoms with Crippen molar-refractivity contribution in [3.63, 3.8) is 0 Å². The molecule has 0 aliphatic rings. The largest absolute Gasteiger partial charge is 0.467 e. The second-order valence-electron chi connectivity index (χ2n) is 7.66. The molecule has 0 saturated heterocycles. The number of nitrogens with zero attached hydrogens (tertiary/aromatic N) is 2. The first-order valence-electron chi connectivity index (χ1n) is 10.5. The first-order chi connectivity index (χ1) is 16.1. The fraction of sp³-hybridized carbons (Fsp3) is 0.0741. The van der Waals surface area contributed by atoms with Crippen LogP contribution in [0.4, 0.5) is 5.13 Å². The standard InChI is InChI=1S/C27H20N2O3S/c1-18-7-5-11-23-24(18)28-27(33-23)29(17-22-10-6-16-32-22)26(31)21-14-12-20(13-15-21)25(30)19-8-3-2-4-9-19/h2-16H,17H2,1H3. The summed E-state index contributed by atoms with van der Waals surface area (Å²) in [6.45, 7) is 2.27. The van der Waals surface area contributed by atoms with Crippen LogP contribution in [0.2, 0.25) is 0 Å². The van der Waals surface area contributed by atoms with Crippen LogP contribution < -0.4 is 4.90 Å². The minimum absolute atomic E-state index is 0.0799. The average molecular weight is 453 g/mol. The number of aromatic nitrogens is 1. The highest BCUT2D eigenvalue weighted by Gasteiger charge is 2.23. The summed E-state index contributed by atoms with van der Waals surface area (Å²) in [4.78, 5) is 32.6. The first kappa shape index (κ1) is 20.8. The number of carbonyl (C=O) groups is 2. The second kappa shape index (κ2) is 8.84. The Balaban J connectivity index is 1.47. The van der Waals surface area contributed by atoms with Crippen LogP contribution in [-0.2, 0) is 6.54 Å². The molecule has 2 aromatic heterocycles. The number of rotatable bonds is 6. The minimum atomic E-state index is -0.207. The van der Waals surface area contributed by atoms with Gasteiger partial charge in [0.25, 0.3) is 5.91 Å². The van der Waals surface area contributed by atoms with Crippen LogP contribution in [0.15, 0.2) is 95.6 Å². The molecule has 0 bridgehead atoms. The predicted molar refractivity (Wildman–Crippen MR) is 130 cm³/mol. The maximum atomic E-state index is 13.6. The van der Waals surface area contributed by atoms with Crippen LogP contribution in [0.3, 0.4) is 0 Å². The van der Waals surface area contributed by atoms with E-state index in [-0.39, 0.29) is 18.2 Å². The van der Waals surface area contributed by atoms with E-state index in [1.54, 1.807) is 53.6 Å². The van der Waals surface area contributed by atoms with E-state index in [1.165, 1.54) is 11.3 Å². The topological polar surface area (TPSA) is 63.4 Å². The molecular formula is C27H20N2O3S. The lowest BCUT2D eigenvalue weighted by molar-refractivity contribution is 0.0981. The summed E-state index contributed by atoms with van der Waals surface area (Å²) in [5.74, 6) is 0.376. The molecule has 5 aromatic rings. The molecule has 162 valence electrons. The SMILES string of the molecule is Cc1cccc2sc(N(Cc3ccco3)C(=O)c3ccc(C(=O)c4ccccc4)cc3)nc12. The monoisotopic (exact) mass is 452 g/mol. The Hall–Kier alpha value is -4.03. The van der Waals surface area contributed by atoms with E-state index < -0.39 is 0 Å². The Labute approximate surface area is 194 Å². The molecule has 2 heterocycles. The number of hydrogen-bond acceptors (Lipinski definition) is 5. The zero-order valence-corrected chi connectivity index (χ0v) is 18.7. The van der Waals surface area contributed by atoms with Gasteiger partial charge in [0.2, 0.25) is 0 Å². The highest BCUT2D eigenvalue weighted by molar-refractivity contribution is 7.22. The number of ketones is 1. The molecule has 0 saturated carbocycles. The molecule has 0 spiro atoms. The van der Waals surface area contributed by atoms with Gasteiger partial charge >= 0.3 is 0 Å². The van der Waals surface area contributed by atoms with Gasteiger partial charge in [-0.1, -0.05) is 65.9 Å². The minimum Gasteiger partial charge on any atom is -0.467 e. The number of amides is 1. The number of anilines is 1. The molecule has 5 nitrogen and oxygen atoms in total. The van der Waals surface area contributed by atoms with Crippen LogP contribution in [0.25, 0.3) is 10.2 Å². The number of aryl methyl sites for hydroxylation is 1. The van der Waals surface area contributed by atoms with Crippen molar-refractivity contribution >= 4 is 38.4 Å². The van der Waals surface area contributed by atoms with Crippen LogP contribution >= 0.6 is 11.3 Å². The lowest BCUT2D eigenvalue weighted by Crippen LogP contribution is -2.30. The van der Waals surface area contributed by atoms with Crippen LogP contribution in [-0.4, -0.2) is 16.7 Å². The molecule has 1 amide bonds. The van der Waals surface area contributed by atoms with Crippen molar-refractivity contribution < 1.29 is 14.0 Å². The van der Waals surface area contributed by atoms with Crippen molar-refractivity contribution in [1.29, 1.82) is 0 Å². The van der Waals surface area contributed by atoms with E-state index in [4.69, 9.17) is 9.40 Å².